The molecule has 0 spiro atoms. The molecule has 19 heavy (non-hydrogen) atoms. The highest BCUT2D eigenvalue weighted by atomic mass is 16.6. The molecule has 0 aliphatic heterocycles. The summed E-state index contributed by atoms with van der Waals surface area (Å²) in [6.45, 7) is 8.17. The first kappa shape index (κ1) is 15.5. The van der Waals surface area contributed by atoms with Crippen molar-refractivity contribution in [3.63, 3.8) is 0 Å². The van der Waals surface area contributed by atoms with Gasteiger partial charge in [-0.15, -0.1) is 0 Å². The van der Waals surface area contributed by atoms with E-state index in [0.717, 1.165) is 36.8 Å². The number of nitrogens with one attached hydrogen (secondary N) is 1. The van der Waals surface area contributed by atoms with E-state index < -0.39 is 0 Å². The lowest BCUT2D eigenvalue weighted by Crippen LogP contribution is -2.19. The summed E-state index contributed by atoms with van der Waals surface area (Å²) in [7, 11) is 0. The maximum Gasteiger partial charge on any atom is 0.292 e. The van der Waals surface area contributed by atoms with E-state index in [-0.39, 0.29) is 10.6 Å². The molecule has 0 saturated heterocycles. The van der Waals surface area contributed by atoms with E-state index >= 15 is 0 Å². The fourth-order valence-electron chi connectivity index (χ4n) is 2.27. The minimum Gasteiger partial charge on any atom is -0.377 e. The molecule has 0 amide bonds. The van der Waals surface area contributed by atoms with Gasteiger partial charge < -0.3 is 5.32 Å². The van der Waals surface area contributed by atoms with Crippen molar-refractivity contribution in [2.24, 2.45) is 0 Å². The van der Waals surface area contributed by atoms with E-state index in [9.17, 15) is 10.1 Å². The molecular formula is C15H24N2O2. The van der Waals surface area contributed by atoms with Crippen LogP contribution in [0.25, 0.3) is 0 Å². The van der Waals surface area contributed by atoms with Gasteiger partial charge in [0, 0.05) is 12.1 Å². The van der Waals surface area contributed by atoms with Gasteiger partial charge in [0.05, 0.1) is 4.92 Å². The van der Waals surface area contributed by atoms with Gasteiger partial charge in [0.1, 0.15) is 5.69 Å². The van der Waals surface area contributed by atoms with Gasteiger partial charge in [0.25, 0.3) is 5.69 Å². The maximum absolute atomic E-state index is 11.1. The molecule has 0 aliphatic rings. The fraction of sp³-hybridized carbons (Fsp3) is 0.600. The average molecular weight is 264 g/mol. The number of benzene rings is 1. The number of nitrogens with zero attached hydrogens (tertiary/aromatic N) is 1. The third-order valence-electron chi connectivity index (χ3n) is 3.44. The highest BCUT2D eigenvalue weighted by Gasteiger charge is 2.18. The average Bonchev–Trinajstić information content (AvgIpc) is 2.33. The van der Waals surface area contributed by atoms with Crippen molar-refractivity contribution < 1.29 is 4.92 Å². The van der Waals surface area contributed by atoms with Crippen molar-refractivity contribution in [1.29, 1.82) is 0 Å². The van der Waals surface area contributed by atoms with Gasteiger partial charge in [-0.1, -0.05) is 26.7 Å². The van der Waals surface area contributed by atoms with Crippen molar-refractivity contribution in [2.75, 3.05) is 5.32 Å². The summed E-state index contributed by atoms with van der Waals surface area (Å²) in [4.78, 5) is 10.8. The van der Waals surface area contributed by atoms with E-state index in [1.165, 1.54) is 0 Å². The molecule has 0 heterocycles. The maximum atomic E-state index is 11.1. The smallest absolute Gasteiger partial charge is 0.292 e. The minimum atomic E-state index is -0.302. The van der Waals surface area contributed by atoms with Crippen LogP contribution in [-0.4, -0.2) is 11.0 Å². The predicted octanol–water partition coefficient (Wildman–Crippen LogP) is 4.59. The Bertz CT molecular complexity index is 438. The second kappa shape index (κ2) is 7.12. The normalized spacial score (nSPS) is 10.8. The molecule has 106 valence electrons. The summed E-state index contributed by atoms with van der Waals surface area (Å²) in [5, 5.41) is 14.5. The van der Waals surface area contributed by atoms with E-state index in [2.05, 4.69) is 19.2 Å². The third-order valence-corrected chi connectivity index (χ3v) is 3.44. The van der Waals surface area contributed by atoms with Gasteiger partial charge in [0.2, 0.25) is 0 Å². The van der Waals surface area contributed by atoms with Crippen LogP contribution in [0.15, 0.2) is 12.1 Å². The van der Waals surface area contributed by atoms with Crippen LogP contribution in [0.2, 0.25) is 0 Å². The first-order valence-corrected chi connectivity index (χ1v) is 7.01. The Balaban J connectivity index is 3.03. The molecule has 0 atom stereocenters. The number of anilines is 1. The Morgan fingerprint density at radius 3 is 2.16 bits per heavy atom. The SMILES string of the molecule is CCCC(CCC)Nc1cc(C)c(C)cc1[N+](=O)[O-]. The first-order chi connectivity index (χ1) is 8.99. The molecule has 0 saturated carbocycles. The van der Waals surface area contributed by atoms with Crippen LogP contribution in [0, 0.1) is 24.0 Å². The van der Waals surface area contributed by atoms with Crippen molar-refractivity contribution in [2.45, 2.75) is 59.4 Å². The highest BCUT2D eigenvalue weighted by molar-refractivity contribution is 5.64. The summed E-state index contributed by atoms with van der Waals surface area (Å²) in [5.74, 6) is 0. The number of hydrogen-bond donors (Lipinski definition) is 1. The van der Waals surface area contributed by atoms with Crippen LogP contribution >= 0.6 is 0 Å². The predicted molar refractivity (Wildman–Crippen MR) is 79.8 cm³/mol. The van der Waals surface area contributed by atoms with Gasteiger partial charge in [-0.3, -0.25) is 10.1 Å². The molecule has 4 heteroatoms. The summed E-state index contributed by atoms with van der Waals surface area (Å²) in [5.41, 5.74) is 2.87. The van der Waals surface area contributed by atoms with E-state index in [4.69, 9.17) is 0 Å². The van der Waals surface area contributed by atoms with Gasteiger partial charge >= 0.3 is 0 Å². The second-order valence-electron chi connectivity index (χ2n) is 5.13. The van der Waals surface area contributed by atoms with Gasteiger partial charge in [-0.2, -0.15) is 0 Å². The van der Waals surface area contributed by atoms with Crippen LogP contribution in [0.4, 0.5) is 11.4 Å². The second-order valence-corrected chi connectivity index (χ2v) is 5.13. The van der Waals surface area contributed by atoms with Gasteiger partial charge in [-0.05, 0) is 43.9 Å². The molecule has 0 aliphatic carbocycles. The summed E-state index contributed by atoms with van der Waals surface area (Å²) < 4.78 is 0. The number of nitro benzene ring substituents is 1. The lowest BCUT2D eigenvalue weighted by Gasteiger charge is -2.19. The number of nitro groups is 1. The number of aryl methyl sites for hydroxylation is 2. The van der Waals surface area contributed by atoms with Crippen LogP contribution in [-0.2, 0) is 0 Å². The molecule has 0 fully saturated rings. The van der Waals surface area contributed by atoms with Crippen molar-refractivity contribution in [1.82, 2.24) is 0 Å². The molecule has 0 bridgehead atoms. The Hall–Kier alpha value is -1.58. The van der Waals surface area contributed by atoms with Crippen molar-refractivity contribution in [3.8, 4) is 0 Å². The Morgan fingerprint density at radius 1 is 1.16 bits per heavy atom. The summed E-state index contributed by atoms with van der Waals surface area (Å²) >= 11 is 0. The Kier molecular flexibility index (Phi) is 5.80. The van der Waals surface area contributed by atoms with Crippen LogP contribution in [0.1, 0.15) is 50.7 Å². The quantitative estimate of drug-likeness (QED) is 0.578. The molecule has 0 aromatic heterocycles. The first-order valence-electron chi connectivity index (χ1n) is 7.01. The standard InChI is InChI=1S/C15H24N2O2/c1-5-7-13(8-6-2)16-14-9-11(3)12(4)10-15(14)17(18)19/h9-10,13,16H,5-8H2,1-4H3. The monoisotopic (exact) mass is 264 g/mol. The highest BCUT2D eigenvalue weighted by Crippen LogP contribution is 2.29. The largest absolute Gasteiger partial charge is 0.377 e. The zero-order valence-electron chi connectivity index (χ0n) is 12.3. The lowest BCUT2D eigenvalue weighted by atomic mass is 10.0. The molecule has 1 N–H and O–H groups in total. The van der Waals surface area contributed by atoms with Crippen LogP contribution in [0.3, 0.4) is 0 Å². The third kappa shape index (κ3) is 4.23. The Morgan fingerprint density at radius 2 is 1.68 bits per heavy atom. The number of hydrogen-bond acceptors (Lipinski definition) is 3. The topological polar surface area (TPSA) is 55.2 Å². The fourth-order valence-corrected chi connectivity index (χ4v) is 2.27. The van der Waals surface area contributed by atoms with Crippen molar-refractivity contribution in [3.05, 3.63) is 33.4 Å². The molecule has 0 radical (unpaired) electrons. The molecule has 1 rings (SSSR count). The molecular weight excluding hydrogens is 240 g/mol. The van der Waals surface area contributed by atoms with E-state index in [1.54, 1.807) is 6.07 Å². The Labute approximate surface area is 115 Å². The number of rotatable bonds is 7. The van der Waals surface area contributed by atoms with Crippen molar-refractivity contribution >= 4 is 11.4 Å². The minimum absolute atomic E-state index is 0.181. The molecule has 1 aromatic rings. The zero-order valence-corrected chi connectivity index (χ0v) is 12.3. The van der Waals surface area contributed by atoms with Crippen LogP contribution in [0.5, 0.6) is 0 Å². The van der Waals surface area contributed by atoms with Gasteiger partial charge in [0.15, 0.2) is 0 Å². The zero-order chi connectivity index (χ0) is 14.4. The van der Waals surface area contributed by atoms with Crippen LogP contribution < -0.4 is 5.32 Å². The molecule has 4 nitrogen and oxygen atoms in total. The molecule has 1 aromatic carbocycles. The van der Waals surface area contributed by atoms with E-state index in [0.29, 0.717) is 11.7 Å². The van der Waals surface area contributed by atoms with E-state index in [1.807, 2.05) is 19.9 Å². The molecule has 0 unspecified atom stereocenters. The lowest BCUT2D eigenvalue weighted by molar-refractivity contribution is -0.384. The summed E-state index contributed by atoms with van der Waals surface area (Å²) in [6, 6.07) is 3.87. The van der Waals surface area contributed by atoms with Gasteiger partial charge in [-0.25, -0.2) is 0 Å². The summed E-state index contributed by atoms with van der Waals surface area (Å²) in [6.07, 6.45) is 4.24.